The number of ether oxygens (including phenoxy) is 1. The third kappa shape index (κ3) is 3.95. The lowest BCUT2D eigenvalue weighted by atomic mass is 10.1. The lowest BCUT2D eigenvalue weighted by Crippen LogP contribution is -2.50. The number of rotatable bonds is 4. The first-order valence-corrected chi connectivity index (χ1v) is 8.79. The van der Waals surface area contributed by atoms with Crippen LogP contribution in [0.5, 0.6) is 0 Å². The van der Waals surface area contributed by atoms with Gasteiger partial charge in [0, 0.05) is 52.4 Å². The van der Waals surface area contributed by atoms with Gasteiger partial charge in [0.25, 0.3) is 0 Å². The second kappa shape index (κ2) is 7.79. The molecule has 3 heterocycles. The van der Waals surface area contributed by atoms with Gasteiger partial charge in [-0.25, -0.2) is 9.97 Å². The second-order valence-electron chi connectivity index (χ2n) is 6.48. The van der Waals surface area contributed by atoms with Crippen molar-refractivity contribution in [3.63, 3.8) is 0 Å². The van der Waals surface area contributed by atoms with Gasteiger partial charge in [0.1, 0.15) is 24.1 Å². The third-order valence-electron chi connectivity index (χ3n) is 4.72. The molecular weight excluding hydrogens is 306 g/mol. The van der Waals surface area contributed by atoms with E-state index in [4.69, 9.17) is 4.74 Å². The Labute approximate surface area is 143 Å². The Morgan fingerprint density at radius 1 is 1.00 bits per heavy atom. The van der Waals surface area contributed by atoms with Crippen molar-refractivity contribution >= 4 is 17.5 Å². The lowest BCUT2D eigenvalue weighted by Gasteiger charge is -2.36. The lowest BCUT2D eigenvalue weighted by molar-refractivity contribution is -0.135. The predicted molar refractivity (Wildman–Crippen MR) is 93.5 cm³/mol. The normalized spacial score (nSPS) is 18.8. The minimum atomic E-state index is 0.0602. The van der Waals surface area contributed by atoms with E-state index in [0.717, 1.165) is 43.6 Å². The number of piperazine rings is 1. The van der Waals surface area contributed by atoms with Crippen LogP contribution in [-0.2, 0) is 9.53 Å². The van der Waals surface area contributed by atoms with E-state index in [9.17, 15) is 4.79 Å². The summed E-state index contributed by atoms with van der Waals surface area (Å²) in [5.41, 5.74) is 0. The highest BCUT2D eigenvalue weighted by atomic mass is 16.5. The van der Waals surface area contributed by atoms with Gasteiger partial charge in [0.15, 0.2) is 0 Å². The zero-order chi connectivity index (χ0) is 16.9. The van der Waals surface area contributed by atoms with Crippen LogP contribution >= 0.6 is 0 Å². The number of amides is 1. The molecule has 24 heavy (non-hydrogen) atoms. The first-order valence-electron chi connectivity index (χ1n) is 8.79. The van der Waals surface area contributed by atoms with Gasteiger partial charge < -0.3 is 19.4 Å². The van der Waals surface area contributed by atoms with Crippen LogP contribution in [0.15, 0.2) is 6.07 Å². The molecule has 132 valence electrons. The molecule has 0 aliphatic carbocycles. The molecule has 2 aliphatic rings. The zero-order valence-electron chi connectivity index (χ0n) is 14.7. The fourth-order valence-corrected chi connectivity index (χ4v) is 3.38. The Kier molecular flexibility index (Phi) is 5.50. The van der Waals surface area contributed by atoms with Gasteiger partial charge in [-0.15, -0.1) is 0 Å². The van der Waals surface area contributed by atoms with E-state index in [2.05, 4.69) is 25.8 Å². The van der Waals surface area contributed by atoms with Crippen molar-refractivity contribution in [3.8, 4) is 0 Å². The van der Waals surface area contributed by atoms with Gasteiger partial charge in [0.2, 0.25) is 5.91 Å². The number of methoxy groups -OCH3 is 1. The van der Waals surface area contributed by atoms with Crippen molar-refractivity contribution in [1.82, 2.24) is 14.9 Å². The molecule has 0 N–H and O–H groups in total. The summed E-state index contributed by atoms with van der Waals surface area (Å²) in [6.07, 6.45) is 3.78. The van der Waals surface area contributed by atoms with Crippen LogP contribution in [0.4, 0.5) is 11.6 Å². The molecule has 7 heteroatoms. The Morgan fingerprint density at radius 3 is 2.17 bits per heavy atom. The quantitative estimate of drug-likeness (QED) is 0.821. The highest BCUT2D eigenvalue weighted by Crippen LogP contribution is 2.23. The largest absolute Gasteiger partial charge is 0.375 e. The molecule has 1 aromatic heterocycles. The van der Waals surface area contributed by atoms with Crippen molar-refractivity contribution < 1.29 is 9.53 Å². The number of anilines is 2. The topological polar surface area (TPSA) is 61.8 Å². The number of aryl methyl sites for hydroxylation is 1. The van der Waals surface area contributed by atoms with Crippen LogP contribution in [-0.4, -0.2) is 73.8 Å². The summed E-state index contributed by atoms with van der Waals surface area (Å²) in [5, 5.41) is 0. The number of aromatic nitrogens is 2. The molecule has 3 rings (SSSR count). The number of piperidine rings is 1. The molecule has 2 aliphatic heterocycles. The van der Waals surface area contributed by atoms with Gasteiger partial charge in [-0.1, -0.05) is 0 Å². The van der Waals surface area contributed by atoms with Gasteiger partial charge in [-0.05, 0) is 26.2 Å². The Hall–Kier alpha value is -1.89. The van der Waals surface area contributed by atoms with E-state index in [1.54, 1.807) is 7.11 Å². The molecule has 0 spiro atoms. The molecule has 0 bridgehead atoms. The van der Waals surface area contributed by atoms with Crippen LogP contribution in [0.3, 0.4) is 0 Å². The second-order valence-corrected chi connectivity index (χ2v) is 6.48. The van der Waals surface area contributed by atoms with E-state index in [0.29, 0.717) is 13.1 Å². The third-order valence-corrected chi connectivity index (χ3v) is 4.72. The van der Waals surface area contributed by atoms with E-state index in [-0.39, 0.29) is 12.5 Å². The van der Waals surface area contributed by atoms with Gasteiger partial charge in [0.05, 0.1) is 0 Å². The van der Waals surface area contributed by atoms with Crippen LogP contribution < -0.4 is 9.80 Å². The summed E-state index contributed by atoms with van der Waals surface area (Å²) in [7, 11) is 1.56. The van der Waals surface area contributed by atoms with Gasteiger partial charge in [-0.3, -0.25) is 4.79 Å². The maximum atomic E-state index is 11.9. The molecule has 0 radical (unpaired) electrons. The molecule has 2 fully saturated rings. The molecule has 1 aromatic rings. The molecule has 2 saturated heterocycles. The van der Waals surface area contributed by atoms with E-state index >= 15 is 0 Å². The SMILES string of the molecule is COCC(=O)N1CCN(c2cc(N3CCCCC3)nc(C)n2)CC1. The zero-order valence-corrected chi connectivity index (χ0v) is 14.7. The molecule has 0 atom stereocenters. The standard InChI is InChI=1S/C17H27N5O2/c1-14-18-15(20-6-4-3-5-7-20)12-16(19-14)21-8-10-22(11-9-21)17(23)13-24-2/h12H,3-11,13H2,1-2H3. The highest BCUT2D eigenvalue weighted by Gasteiger charge is 2.23. The van der Waals surface area contributed by atoms with Crippen molar-refractivity contribution in [2.75, 3.05) is 62.8 Å². The van der Waals surface area contributed by atoms with Gasteiger partial charge >= 0.3 is 0 Å². The summed E-state index contributed by atoms with van der Waals surface area (Å²) in [4.78, 5) is 27.6. The number of hydrogen-bond acceptors (Lipinski definition) is 6. The maximum absolute atomic E-state index is 11.9. The minimum absolute atomic E-state index is 0.0602. The van der Waals surface area contributed by atoms with Crippen molar-refractivity contribution in [1.29, 1.82) is 0 Å². The van der Waals surface area contributed by atoms with E-state index in [1.807, 2.05) is 11.8 Å². The number of carbonyl (C=O) groups is 1. The van der Waals surface area contributed by atoms with Crippen molar-refractivity contribution in [2.24, 2.45) is 0 Å². The molecule has 0 unspecified atom stereocenters. The van der Waals surface area contributed by atoms with E-state index in [1.165, 1.54) is 19.3 Å². The fourth-order valence-electron chi connectivity index (χ4n) is 3.38. The number of nitrogens with zero attached hydrogens (tertiary/aromatic N) is 5. The van der Waals surface area contributed by atoms with Crippen LogP contribution in [0.1, 0.15) is 25.1 Å². The number of hydrogen-bond donors (Lipinski definition) is 0. The summed E-state index contributed by atoms with van der Waals surface area (Å²) < 4.78 is 4.94. The minimum Gasteiger partial charge on any atom is -0.375 e. The average Bonchev–Trinajstić information content (AvgIpc) is 2.62. The van der Waals surface area contributed by atoms with E-state index < -0.39 is 0 Å². The van der Waals surface area contributed by atoms with Crippen molar-refractivity contribution in [3.05, 3.63) is 11.9 Å². The average molecular weight is 333 g/mol. The smallest absolute Gasteiger partial charge is 0.248 e. The highest BCUT2D eigenvalue weighted by molar-refractivity contribution is 5.77. The van der Waals surface area contributed by atoms with Gasteiger partial charge in [-0.2, -0.15) is 0 Å². The van der Waals surface area contributed by atoms with Crippen LogP contribution in [0.2, 0.25) is 0 Å². The van der Waals surface area contributed by atoms with Crippen molar-refractivity contribution in [2.45, 2.75) is 26.2 Å². The first-order chi connectivity index (χ1) is 11.7. The predicted octanol–water partition coefficient (Wildman–Crippen LogP) is 1.07. The number of carbonyl (C=O) groups excluding carboxylic acids is 1. The molecule has 1 amide bonds. The fraction of sp³-hybridized carbons (Fsp3) is 0.706. The Morgan fingerprint density at radius 2 is 1.58 bits per heavy atom. The molecule has 0 aromatic carbocycles. The summed E-state index contributed by atoms with van der Waals surface area (Å²) >= 11 is 0. The summed E-state index contributed by atoms with van der Waals surface area (Å²) in [6.45, 7) is 7.29. The first kappa shape index (κ1) is 17.0. The molecule has 7 nitrogen and oxygen atoms in total. The Bertz CT molecular complexity index is 566. The Balaban J connectivity index is 1.67. The summed E-state index contributed by atoms with van der Waals surface area (Å²) in [6, 6.07) is 2.10. The monoisotopic (exact) mass is 333 g/mol. The molecular formula is C17H27N5O2. The van der Waals surface area contributed by atoms with Crippen LogP contribution in [0.25, 0.3) is 0 Å². The maximum Gasteiger partial charge on any atom is 0.248 e. The molecule has 0 saturated carbocycles. The summed E-state index contributed by atoms with van der Waals surface area (Å²) in [5.74, 6) is 2.88. The van der Waals surface area contributed by atoms with Crippen LogP contribution in [0, 0.1) is 6.92 Å².